The van der Waals surface area contributed by atoms with Crippen molar-refractivity contribution >= 4 is 29.6 Å². The summed E-state index contributed by atoms with van der Waals surface area (Å²) in [5, 5.41) is 30.5. The van der Waals surface area contributed by atoms with Crippen LogP contribution in [0.4, 0.5) is 0 Å². The van der Waals surface area contributed by atoms with Crippen molar-refractivity contribution in [2.75, 3.05) is 26.4 Å². The van der Waals surface area contributed by atoms with Gasteiger partial charge >= 0.3 is 29.6 Å². The van der Waals surface area contributed by atoms with E-state index < -0.39 is 0 Å². The average Bonchev–Trinajstić information content (AvgIpc) is 1.88. The molecule has 0 bridgehead atoms. The molecule has 0 rings (SSSR count). The van der Waals surface area contributed by atoms with E-state index in [-0.39, 0.29) is 56.0 Å². The van der Waals surface area contributed by atoms with Crippen LogP contribution in [0.15, 0.2) is 0 Å². The first-order valence-electron chi connectivity index (χ1n) is 2.26. The van der Waals surface area contributed by atoms with Gasteiger partial charge in [-0.25, -0.2) is 0 Å². The Morgan fingerprint density at radius 1 is 0.556 bits per heavy atom. The van der Waals surface area contributed by atoms with Gasteiger partial charge in [-0.3, -0.25) is 0 Å². The van der Waals surface area contributed by atoms with Crippen molar-refractivity contribution in [3.05, 3.63) is 0 Å². The predicted molar refractivity (Wildman–Crippen MR) is 35.5 cm³/mol. The Morgan fingerprint density at radius 3 is 0.667 bits per heavy atom. The minimum atomic E-state index is -0.125. The molecule has 0 aliphatic heterocycles. The quantitative estimate of drug-likeness (QED) is 0.321. The van der Waals surface area contributed by atoms with Crippen LogP contribution in [0.1, 0.15) is 0 Å². The summed E-state index contributed by atoms with van der Waals surface area (Å²) >= 11 is 0. The number of rotatable bonds is 2. The van der Waals surface area contributed by atoms with Crippen LogP contribution in [0, 0.1) is 0 Å². The third-order valence-corrected chi connectivity index (χ3v) is 0.200. The molecule has 0 fully saturated rings. The Bertz CT molecular complexity index is 20.5. The molecule has 0 heterocycles. The van der Waals surface area contributed by atoms with Gasteiger partial charge in [-0.2, -0.15) is 0 Å². The van der Waals surface area contributed by atoms with Crippen LogP contribution < -0.4 is 0 Å². The molecule has 0 radical (unpaired) electrons. The molecule has 0 saturated heterocycles. The van der Waals surface area contributed by atoms with E-state index in [9.17, 15) is 0 Å². The van der Waals surface area contributed by atoms with Gasteiger partial charge in [0.25, 0.3) is 0 Å². The second-order valence-corrected chi connectivity index (χ2v) is 0.894. The first-order chi connectivity index (χ1) is 3.83. The Morgan fingerprint density at radius 2 is 0.667 bits per heavy atom. The van der Waals surface area contributed by atoms with E-state index in [4.69, 9.17) is 20.4 Å². The molecule has 0 amide bonds. The second kappa shape index (κ2) is 23.2. The molecule has 0 atom stereocenters. The molecule has 0 unspecified atom stereocenters. The first-order valence-corrected chi connectivity index (χ1v) is 2.26. The molecule has 0 saturated carbocycles. The maximum atomic E-state index is 7.62. The Balaban J connectivity index is -0.0000000720. The van der Waals surface area contributed by atoms with Gasteiger partial charge in [-0.15, -0.1) is 0 Å². The van der Waals surface area contributed by atoms with Crippen LogP contribution in [0.25, 0.3) is 0 Å². The van der Waals surface area contributed by atoms with E-state index in [0.29, 0.717) is 0 Å². The zero-order valence-electron chi connectivity index (χ0n) is 4.62. The van der Waals surface area contributed by atoms with E-state index in [1.165, 1.54) is 0 Å². The summed E-state index contributed by atoms with van der Waals surface area (Å²) in [5.41, 5.74) is 0. The molecule has 0 aromatic rings. The van der Waals surface area contributed by atoms with Crippen LogP contribution in [-0.4, -0.2) is 76.4 Å². The predicted octanol–water partition coefficient (Wildman–Crippen LogP) is -2.71. The fourth-order valence-corrected chi connectivity index (χ4v) is 0. The van der Waals surface area contributed by atoms with Crippen LogP contribution >= 0.6 is 0 Å². The summed E-state index contributed by atoms with van der Waals surface area (Å²) in [7, 11) is 0. The molecule has 4 N–H and O–H groups in total. The van der Waals surface area contributed by atoms with Gasteiger partial charge in [0.15, 0.2) is 0 Å². The third kappa shape index (κ3) is 51.3. The average molecular weight is 148 g/mol. The molecule has 0 aliphatic rings. The zero-order valence-corrected chi connectivity index (χ0v) is 4.62. The van der Waals surface area contributed by atoms with Crippen molar-refractivity contribution in [1.82, 2.24) is 0 Å². The molecular weight excluding hydrogens is 135 g/mol. The van der Waals surface area contributed by atoms with Gasteiger partial charge in [0.05, 0.1) is 26.4 Å². The molecular formula is C4H13NaO4. The Labute approximate surface area is 76.4 Å². The first kappa shape index (κ1) is 16.4. The van der Waals surface area contributed by atoms with Gasteiger partial charge in [-0.05, 0) is 0 Å². The van der Waals surface area contributed by atoms with Gasteiger partial charge in [-0.1, -0.05) is 0 Å². The van der Waals surface area contributed by atoms with E-state index in [0.717, 1.165) is 0 Å². The van der Waals surface area contributed by atoms with Crippen molar-refractivity contribution in [3.8, 4) is 0 Å². The SMILES string of the molecule is OCCO.OCCO.[NaH]. The van der Waals surface area contributed by atoms with Crippen molar-refractivity contribution in [1.29, 1.82) is 0 Å². The van der Waals surface area contributed by atoms with Crippen LogP contribution in [0.2, 0.25) is 0 Å². The molecule has 0 spiro atoms. The molecule has 4 nitrogen and oxygen atoms in total. The second-order valence-electron chi connectivity index (χ2n) is 0.894. The van der Waals surface area contributed by atoms with Crippen LogP contribution in [-0.2, 0) is 0 Å². The normalized spacial score (nSPS) is 6.67. The molecule has 9 heavy (non-hydrogen) atoms. The molecule has 5 heteroatoms. The van der Waals surface area contributed by atoms with Crippen molar-refractivity contribution < 1.29 is 20.4 Å². The number of hydrogen-bond acceptors (Lipinski definition) is 4. The minimum absolute atomic E-state index is 0. The summed E-state index contributed by atoms with van der Waals surface area (Å²) in [5.74, 6) is 0. The number of hydrogen-bond donors (Lipinski definition) is 4. The summed E-state index contributed by atoms with van der Waals surface area (Å²) in [6.45, 7) is -0.500. The van der Waals surface area contributed by atoms with Gasteiger partial charge in [0, 0.05) is 0 Å². The Kier molecular flexibility index (Phi) is 42.4. The summed E-state index contributed by atoms with van der Waals surface area (Å²) in [4.78, 5) is 0. The monoisotopic (exact) mass is 148 g/mol. The standard InChI is InChI=1S/2C2H6O2.Na.H/c2*3-1-2-4;;/h2*3-4H,1-2H2;;. The van der Waals surface area contributed by atoms with Gasteiger partial charge in [0.1, 0.15) is 0 Å². The van der Waals surface area contributed by atoms with Crippen LogP contribution in [0.3, 0.4) is 0 Å². The maximum absolute atomic E-state index is 7.62. The fraction of sp³-hybridized carbons (Fsp3) is 1.00. The van der Waals surface area contributed by atoms with Gasteiger partial charge in [0.2, 0.25) is 0 Å². The Hall–Kier alpha value is 0.840. The summed E-state index contributed by atoms with van der Waals surface area (Å²) < 4.78 is 0. The number of aliphatic hydroxyl groups excluding tert-OH is 4. The molecule has 0 aliphatic carbocycles. The van der Waals surface area contributed by atoms with Crippen molar-refractivity contribution in [2.24, 2.45) is 0 Å². The van der Waals surface area contributed by atoms with Crippen molar-refractivity contribution in [3.63, 3.8) is 0 Å². The van der Waals surface area contributed by atoms with E-state index in [2.05, 4.69) is 0 Å². The van der Waals surface area contributed by atoms with Crippen molar-refractivity contribution in [2.45, 2.75) is 0 Å². The van der Waals surface area contributed by atoms with Gasteiger partial charge < -0.3 is 20.4 Å². The molecule has 0 aromatic heterocycles. The number of aliphatic hydroxyl groups is 4. The van der Waals surface area contributed by atoms with E-state index in [1.807, 2.05) is 0 Å². The van der Waals surface area contributed by atoms with E-state index in [1.54, 1.807) is 0 Å². The zero-order chi connectivity index (χ0) is 6.83. The summed E-state index contributed by atoms with van der Waals surface area (Å²) in [6, 6.07) is 0. The fourth-order valence-electron chi connectivity index (χ4n) is 0. The summed E-state index contributed by atoms with van der Waals surface area (Å²) in [6.07, 6.45) is 0. The van der Waals surface area contributed by atoms with E-state index >= 15 is 0 Å². The third-order valence-electron chi connectivity index (χ3n) is 0.200. The topological polar surface area (TPSA) is 80.9 Å². The molecule has 0 aromatic carbocycles. The van der Waals surface area contributed by atoms with Crippen LogP contribution in [0.5, 0.6) is 0 Å². The molecule has 54 valence electrons.